The first-order valence-electron chi connectivity index (χ1n) is 12.5. The zero-order valence-electron chi connectivity index (χ0n) is 20.3. The zero-order valence-corrected chi connectivity index (χ0v) is 20.3. The van der Waals surface area contributed by atoms with Crippen molar-refractivity contribution in [1.29, 1.82) is 0 Å². The van der Waals surface area contributed by atoms with Crippen molar-refractivity contribution in [3.8, 4) is 11.5 Å². The Balaban J connectivity index is 1.46. The molecule has 8 nitrogen and oxygen atoms in total. The number of phenolic OH excluding ortho intramolecular Hbond substituents is 2. The summed E-state index contributed by atoms with van der Waals surface area (Å²) in [4.78, 5) is 42.8. The Morgan fingerprint density at radius 2 is 1.62 bits per heavy atom. The number of amides is 3. The maximum Gasteiger partial charge on any atom is 0.250 e. The summed E-state index contributed by atoms with van der Waals surface area (Å²) in [5, 5.41) is 26.1. The molecule has 8 heteroatoms. The number of anilines is 1. The van der Waals surface area contributed by atoms with Crippen molar-refractivity contribution in [2.75, 3.05) is 5.32 Å². The van der Waals surface area contributed by atoms with E-state index in [2.05, 4.69) is 10.6 Å². The van der Waals surface area contributed by atoms with E-state index in [1.165, 1.54) is 17.0 Å². The van der Waals surface area contributed by atoms with Crippen molar-refractivity contribution in [1.82, 2.24) is 10.2 Å². The van der Waals surface area contributed by atoms with E-state index < -0.39 is 23.4 Å². The number of carbonyl (C=O) groups is 3. The maximum absolute atomic E-state index is 14.0. The van der Waals surface area contributed by atoms with Crippen molar-refractivity contribution < 1.29 is 24.6 Å². The van der Waals surface area contributed by atoms with E-state index in [1.807, 2.05) is 55.5 Å². The molecule has 6 rings (SSSR count). The number of aryl methyl sites for hydroxylation is 1. The van der Waals surface area contributed by atoms with Crippen molar-refractivity contribution in [2.24, 2.45) is 11.8 Å². The Bertz CT molecular complexity index is 1440. The molecule has 4 atom stereocenters. The third-order valence-electron chi connectivity index (χ3n) is 7.96. The lowest BCUT2D eigenvalue weighted by Crippen LogP contribution is -2.53. The largest absolute Gasteiger partial charge is 0.504 e. The number of hydrogen-bond donors (Lipinski definition) is 4. The highest BCUT2D eigenvalue weighted by Crippen LogP contribution is 2.53. The average Bonchev–Trinajstić information content (AvgIpc) is 3.47. The van der Waals surface area contributed by atoms with E-state index in [1.54, 1.807) is 6.07 Å². The van der Waals surface area contributed by atoms with Crippen LogP contribution in [0.1, 0.15) is 29.2 Å². The molecular formula is C29H27N3O5. The Kier molecular flexibility index (Phi) is 5.31. The molecule has 3 amide bonds. The Morgan fingerprint density at radius 1 is 0.865 bits per heavy atom. The molecule has 0 saturated carbocycles. The topological polar surface area (TPSA) is 119 Å². The van der Waals surface area contributed by atoms with Crippen LogP contribution in [-0.4, -0.2) is 38.9 Å². The fourth-order valence-electron chi connectivity index (χ4n) is 6.18. The molecule has 3 aromatic carbocycles. The molecule has 3 aliphatic heterocycles. The minimum Gasteiger partial charge on any atom is -0.504 e. The summed E-state index contributed by atoms with van der Waals surface area (Å²) < 4.78 is 0. The standard InChI is InChI=1S/C29H27N3O5/c1-2-16-8-10-20-19(12-16)29(28(37)30-20)25-24(21(31-29)13-18-9-11-22(33)23(34)14-18)26(35)32(27(25)36)15-17-6-4-3-5-7-17/h3-12,14,21,24-25,31,33-34H,2,13,15H2,1H3,(H,30,37)/t21-,24-,25-,29-/m1/s1. The van der Waals surface area contributed by atoms with Crippen LogP contribution in [-0.2, 0) is 39.3 Å². The number of likely N-dealkylation sites (tertiary alicyclic amines) is 1. The fraction of sp³-hybridized carbons (Fsp3) is 0.276. The summed E-state index contributed by atoms with van der Waals surface area (Å²) in [6, 6.07) is 19.0. The molecule has 0 radical (unpaired) electrons. The van der Waals surface area contributed by atoms with Gasteiger partial charge >= 0.3 is 0 Å². The van der Waals surface area contributed by atoms with Gasteiger partial charge in [-0.25, -0.2) is 0 Å². The van der Waals surface area contributed by atoms with Gasteiger partial charge in [0.25, 0.3) is 0 Å². The molecule has 3 aliphatic rings. The van der Waals surface area contributed by atoms with E-state index in [4.69, 9.17) is 0 Å². The highest BCUT2D eigenvalue weighted by atomic mass is 16.3. The molecule has 188 valence electrons. The summed E-state index contributed by atoms with van der Waals surface area (Å²) in [6.07, 6.45) is 1.04. The van der Waals surface area contributed by atoms with Crippen LogP contribution in [0.5, 0.6) is 11.5 Å². The summed E-state index contributed by atoms with van der Waals surface area (Å²) in [5.74, 6) is -3.21. The minimum atomic E-state index is -1.38. The first kappa shape index (κ1) is 23.2. The molecule has 0 unspecified atom stereocenters. The summed E-state index contributed by atoms with van der Waals surface area (Å²) in [5.41, 5.74) is 2.47. The van der Waals surface area contributed by atoms with E-state index in [-0.39, 0.29) is 42.2 Å². The smallest absolute Gasteiger partial charge is 0.250 e. The third-order valence-corrected chi connectivity index (χ3v) is 7.96. The van der Waals surface area contributed by atoms with Crippen molar-refractivity contribution in [2.45, 2.75) is 37.9 Å². The number of hydrogen-bond acceptors (Lipinski definition) is 6. The second-order valence-electron chi connectivity index (χ2n) is 10.0. The Hall–Kier alpha value is -4.17. The first-order chi connectivity index (χ1) is 17.8. The van der Waals surface area contributed by atoms with E-state index in [0.717, 1.165) is 17.5 Å². The van der Waals surface area contributed by atoms with E-state index in [9.17, 15) is 24.6 Å². The number of rotatable bonds is 5. The lowest BCUT2D eigenvalue weighted by atomic mass is 9.76. The Morgan fingerprint density at radius 3 is 2.35 bits per heavy atom. The molecule has 0 aliphatic carbocycles. The SMILES string of the molecule is CCc1ccc2c(c1)[C@]1(N[C@H](Cc3ccc(O)c(O)c3)[C@H]3C(=O)N(Cc4ccccc4)C(=O)[C@@H]31)C(=O)N2. The summed E-state index contributed by atoms with van der Waals surface area (Å²) in [6.45, 7) is 2.16. The third kappa shape index (κ3) is 3.43. The zero-order chi connectivity index (χ0) is 25.9. The van der Waals surface area contributed by atoms with Crippen LogP contribution in [0.4, 0.5) is 5.69 Å². The number of carbonyl (C=O) groups excluding carboxylic acids is 3. The second-order valence-corrected chi connectivity index (χ2v) is 10.0. The van der Waals surface area contributed by atoms with Gasteiger partial charge in [0.2, 0.25) is 17.7 Å². The number of aromatic hydroxyl groups is 2. The second kappa shape index (κ2) is 8.45. The van der Waals surface area contributed by atoms with Crippen LogP contribution >= 0.6 is 0 Å². The van der Waals surface area contributed by atoms with Gasteiger partial charge in [-0.15, -0.1) is 0 Å². The van der Waals surface area contributed by atoms with Gasteiger partial charge in [-0.2, -0.15) is 0 Å². The molecule has 3 heterocycles. The molecule has 0 aromatic heterocycles. The van der Waals surface area contributed by atoms with E-state index in [0.29, 0.717) is 16.8 Å². The first-order valence-corrected chi connectivity index (χ1v) is 12.5. The molecule has 0 bridgehead atoms. The monoisotopic (exact) mass is 497 g/mol. The molecule has 2 fully saturated rings. The minimum absolute atomic E-state index is 0.137. The molecule has 2 saturated heterocycles. The quantitative estimate of drug-likeness (QED) is 0.318. The predicted octanol–water partition coefficient (Wildman–Crippen LogP) is 2.82. The number of benzene rings is 3. The average molecular weight is 498 g/mol. The van der Waals surface area contributed by atoms with Gasteiger partial charge in [0.05, 0.1) is 18.4 Å². The number of imide groups is 1. The van der Waals surface area contributed by atoms with Gasteiger partial charge in [0.1, 0.15) is 5.54 Å². The van der Waals surface area contributed by atoms with Crippen molar-refractivity contribution in [3.05, 3.63) is 89.0 Å². The molecule has 3 aromatic rings. The van der Waals surface area contributed by atoms with Gasteiger partial charge in [-0.1, -0.05) is 55.5 Å². The lowest BCUT2D eigenvalue weighted by molar-refractivity contribution is -0.143. The highest BCUT2D eigenvalue weighted by Gasteiger charge is 2.70. The maximum atomic E-state index is 14.0. The number of nitrogens with one attached hydrogen (secondary N) is 2. The van der Waals surface area contributed by atoms with Gasteiger partial charge < -0.3 is 15.5 Å². The predicted molar refractivity (Wildman–Crippen MR) is 136 cm³/mol. The summed E-state index contributed by atoms with van der Waals surface area (Å²) >= 11 is 0. The van der Waals surface area contributed by atoms with Crippen LogP contribution in [0.25, 0.3) is 0 Å². The van der Waals surface area contributed by atoms with Crippen molar-refractivity contribution >= 4 is 23.4 Å². The van der Waals surface area contributed by atoms with Crippen LogP contribution in [0.2, 0.25) is 0 Å². The van der Waals surface area contributed by atoms with Gasteiger partial charge in [0, 0.05) is 17.3 Å². The van der Waals surface area contributed by atoms with Gasteiger partial charge in [-0.05, 0) is 47.7 Å². The van der Waals surface area contributed by atoms with Crippen LogP contribution in [0.15, 0.2) is 66.7 Å². The normalized spacial score (nSPS) is 26.0. The number of phenols is 2. The van der Waals surface area contributed by atoms with Crippen LogP contribution < -0.4 is 10.6 Å². The summed E-state index contributed by atoms with van der Waals surface area (Å²) in [7, 11) is 0. The molecular weight excluding hydrogens is 470 g/mol. The number of fused-ring (bicyclic) bond motifs is 4. The van der Waals surface area contributed by atoms with E-state index >= 15 is 0 Å². The number of nitrogens with zero attached hydrogens (tertiary/aromatic N) is 1. The molecule has 37 heavy (non-hydrogen) atoms. The fourth-order valence-corrected chi connectivity index (χ4v) is 6.18. The van der Waals surface area contributed by atoms with Crippen molar-refractivity contribution in [3.63, 3.8) is 0 Å². The van der Waals surface area contributed by atoms with Crippen LogP contribution in [0.3, 0.4) is 0 Å². The molecule has 1 spiro atoms. The van der Waals surface area contributed by atoms with Gasteiger partial charge in [0.15, 0.2) is 11.5 Å². The van der Waals surface area contributed by atoms with Crippen LogP contribution in [0, 0.1) is 11.8 Å². The van der Waals surface area contributed by atoms with Gasteiger partial charge in [-0.3, -0.25) is 24.6 Å². The molecule has 4 N–H and O–H groups in total. The Labute approximate surface area is 213 Å². The lowest BCUT2D eigenvalue weighted by Gasteiger charge is -2.30. The highest BCUT2D eigenvalue weighted by molar-refractivity contribution is 6.15.